The topological polar surface area (TPSA) is 35.5 Å². The third-order valence-corrected chi connectivity index (χ3v) is 5.66. The normalized spacial score (nSPS) is 11.8. The molecule has 4 aromatic carbocycles. The Morgan fingerprint density at radius 3 is 1.29 bits per heavy atom. The number of hydrogen-bond acceptors (Lipinski definition) is 3. The van der Waals surface area contributed by atoms with Gasteiger partial charge in [-0.3, -0.25) is 0 Å². The molecule has 9 heteroatoms. The second-order valence-corrected chi connectivity index (χ2v) is 8.55. The van der Waals surface area contributed by atoms with Gasteiger partial charge < -0.3 is 9.47 Å². The number of carbonyl (C=O) groups is 1. The van der Waals surface area contributed by atoms with Crippen molar-refractivity contribution in [3.63, 3.8) is 0 Å². The number of carbonyl (C=O) groups excluding carboxylic acids is 1. The van der Waals surface area contributed by atoms with Crippen LogP contribution in [0.2, 0.25) is 0 Å². The molecule has 0 aliphatic carbocycles. The Labute approximate surface area is 214 Å². The Hall–Kier alpha value is -4.27. The highest BCUT2D eigenvalue weighted by Crippen LogP contribution is 2.45. The standard InChI is InChI=1S/C29H20F6O3/c1-17-7-3-9-19(15-17)21-11-5-13-23(25(21)28(30,31)32)37-27(36)38-24-14-6-12-22(26(24)29(33,34)35)20-10-4-8-18(2)16-20/h3-16H,1-2H3. The minimum absolute atomic E-state index is 0.223. The molecule has 0 unspecified atom stereocenters. The molecule has 0 spiro atoms. The van der Waals surface area contributed by atoms with Crippen LogP contribution in [0, 0.1) is 13.8 Å². The average Bonchev–Trinajstić information content (AvgIpc) is 2.82. The van der Waals surface area contributed by atoms with Gasteiger partial charge in [0.05, 0.1) is 0 Å². The Balaban J connectivity index is 1.73. The van der Waals surface area contributed by atoms with Crippen molar-refractivity contribution in [2.24, 2.45) is 0 Å². The lowest BCUT2D eigenvalue weighted by molar-refractivity contribution is -0.138. The van der Waals surface area contributed by atoms with Gasteiger partial charge in [0, 0.05) is 0 Å². The lowest BCUT2D eigenvalue weighted by Gasteiger charge is -2.19. The zero-order valence-electron chi connectivity index (χ0n) is 20.1. The Bertz CT molecular complexity index is 1380. The van der Waals surface area contributed by atoms with E-state index in [0.717, 1.165) is 12.1 Å². The maximum Gasteiger partial charge on any atom is 0.519 e. The quantitative estimate of drug-likeness (QED) is 0.150. The lowest BCUT2D eigenvalue weighted by atomic mass is 9.97. The fourth-order valence-electron chi connectivity index (χ4n) is 4.12. The van der Waals surface area contributed by atoms with Crippen molar-refractivity contribution in [2.45, 2.75) is 26.2 Å². The van der Waals surface area contributed by atoms with Gasteiger partial charge in [0.25, 0.3) is 0 Å². The predicted molar refractivity (Wildman–Crippen MR) is 130 cm³/mol. The first-order valence-corrected chi connectivity index (χ1v) is 11.3. The van der Waals surface area contributed by atoms with Crippen molar-refractivity contribution in [1.82, 2.24) is 0 Å². The summed E-state index contributed by atoms with van der Waals surface area (Å²) in [5.41, 5.74) is -1.18. The number of aryl methyl sites for hydroxylation is 2. The van der Waals surface area contributed by atoms with Gasteiger partial charge in [0.2, 0.25) is 0 Å². The number of halogens is 6. The summed E-state index contributed by atoms with van der Waals surface area (Å²) in [5, 5.41) is 0. The molecule has 0 saturated carbocycles. The van der Waals surface area contributed by atoms with Crippen molar-refractivity contribution < 1.29 is 40.6 Å². The van der Waals surface area contributed by atoms with E-state index in [0.29, 0.717) is 11.1 Å². The third-order valence-electron chi connectivity index (χ3n) is 5.66. The Morgan fingerprint density at radius 2 is 0.947 bits per heavy atom. The Kier molecular flexibility index (Phi) is 7.22. The maximum absolute atomic E-state index is 14.1. The highest BCUT2D eigenvalue weighted by molar-refractivity contribution is 5.77. The van der Waals surface area contributed by atoms with E-state index in [4.69, 9.17) is 9.47 Å². The van der Waals surface area contributed by atoms with E-state index in [1.165, 1.54) is 48.5 Å². The van der Waals surface area contributed by atoms with Crippen LogP contribution < -0.4 is 9.47 Å². The number of ether oxygens (including phenoxy) is 2. The molecule has 4 aromatic rings. The number of alkyl halides is 6. The zero-order chi connectivity index (χ0) is 27.7. The van der Waals surface area contributed by atoms with Crippen LogP contribution in [0.15, 0.2) is 84.9 Å². The van der Waals surface area contributed by atoms with E-state index in [2.05, 4.69) is 0 Å². The fraction of sp³-hybridized carbons (Fsp3) is 0.138. The van der Waals surface area contributed by atoms with Gasteiger partial charge in [0.1, 0.15) is 22.6 Å². The minimum Gasteiger partial charge on any atom is -0.394 e. The van der Waals surface area contributed by atoms with Crippen LogP contribution in [0.25, 0.3) is 22.3 Å². The molecule has 0 N–H and O–H groups in total. The molecule has 0 aliphatic rings. The van der Waals surface area contributed by atoms with Crippen molar-refractivity contribution in [3.8, 4) is 33.8 Å². The van der Waals surface area contributed by atoms with Crippen LogP contribution in [0.1, 0.15) is 22.3 Å². The largest absolute Gasteiger partial charge is 0.519 e. The summed E-state index contributed by atoms with van der Waals surface area (Å²) in [6.07, 6.45) is -11.6. The zero-order valence-corrected chi connectivity index (χ0v) is 20.1. The van der Waals surface area contributed by atoms with Crippen molar-refractivity contribution in [1.29, 1.82) is 0 Å². The molecule has 0 atom stereocenters. The van der Waals surface area contributed by atoms with Crippen molar-refractivity contribution in [3.05, 3.63) is 107 Å². The molecule has 196 valence electrons. The van der Waals surface area contributed by atoms with E-state index >= 15 is 0 Å². The molecule has 0 aliphatic heterocycles. The number of benzene rings is 4. The first kappa shape index (κ1) is 26.8. The summed E-state index contributed by atoms with van der Waals surface area (Å²) >= 11 is 0. The van der Waals surface area contributed by atoms with Gasteiger partial charge in [0.15, 0.2) is 0 Å². The van der Waals surface area contributed by atoms with Crippen molar-refractivity contribution in [2.75, 3.05) is 0 Å². The van der Waals surface area contributed by atoms with Gasteiger partial charge >= 0.3 is 18.5 Å². The van der Waals surface area contributed by atoms with Crippen LogP contribution in [0.3, 0.4) is 0 Å². The summed E-state index contributed by atoms with van der Waals surface area (Å²) in [5.74, 6) is -1.80. The third kappa shape index (κ3) is 5.82. The van der Waals surface area contributed by atoms with Gasteiger partial charge in [-0.2, -0.15) is 26.3 Å². The highest BCUT2D eigenvalue weighted by atomic mass is 19.4. The van der Waals surface area contributed by atoms with Crippen LogP contribution in [-0.4, -0.2) is 6.16 Å². The maximum atomic E-state index is 14.1. The first-order valence-electron chi connectivity index (χ1n) is 11.3. The molecule has 0 aromatic heterocycles. The van der Waals surface area contributed by atoms with Gasteiger partial charge in [-0.05, 0) is 48.2 Å². The van der Waals surface area contributed by atoms with Crippen LogP contribution >= 0.6 is 0 Å². The summed E-state index contributed by atoms with van der Waals surface area (Å²) in [4.78, 5) is 12.6. The average molecular weight is 530 g/mol. The van der Waals surface area contributed by atoms with E-state index in [-0.39, 0.29) is 22.3 Å². The summed E-state index contributed by atoms with van der Waals surface area (Å²) in [6, 6.07) is 19.3. The minimum atomic E-state index is -4.95. The smallest absolute Gasteiger partial charge is 0.394 e. The monoisotopic (exact) mass is 530 g/mol. The number of hydrogen-bond donors (Lipinski definition) is 0. The SMILES string of the molecule is Cc1cccc(-c2cccc(OC(=O)Oc3cccc(-c4cccc(C)c4)c3C(F)(F)F)c2C(F)(F)F)c1. The molecule has 0 saturated heterocycles. The van der Waals surface area contributed by atoms with E-state index in [9.17, 15) is 31.1 Å². The predicted octanol–water partition coefficient (Wildman–Crippen LogP) is 9.25. The molecule has 0 radical (unpaired) electrons. The molecule has 38 heavy (non-hydrogen) atoms. The summed E-state index contributed by atoms with van der Waals surface area (Å²) in [7, 11) is 0. The molecule has 0 bridgehead atoms. The summed E-state index contributed by atoms with van der Waals surface area (Å²) < 4.78 is 94.2. The van der Waals surface area contributed by atoms with Gasteiger partial charge in [-0.25, -0.2) is 4.79 Å². The fourth-order valence-corrected chi connectivity index (χ4v) is 4.12. The second-order valence-electron chi connectivity index (χ2n) is 8.55. The molecule has 0 fully saturated rings. The van der Waals surface area contributed by atoms with E-state index in [1.54, 1.807) is 38.1 Å². The molecule has 0 heterocycles. The molecular weight excluding hydrogens is 510 g/mol. The van der Waals surface area contributed by atoms with E-state index in [1.807, 2.05) is 0 Å². The molecule has 3 nitrogen and oxygen atoms in total. The summed E-state index contributed by atoms with van der Waals surface area (Å²) in [6.45, 7) is 3.41. The molecular formula is C29H20F6O3. The molecule has 0 amide bonds. The lowest BCUT2D eigenvalue weighted by Crippen LogP contribution is -2.20. The Morgan fingerprint density at radius 1 is 0.579 bits per heavy atom. The van der Waals surface area contributed by atoms with Crippen LogP contribution in [0.5, 0.6) is 11.5 Å². The number of rotatable bonds is 4. The van der Waals surface area contributed by atoms with Gasteiger partial charge in [-0.15, -0.1) is 0 Å². The highest BCUT2D eigenvalue weighted by Gasteiger charge is 2.40. The first-order chi connectivity index (χ1) is 17.8. The van der Waals surface area contributed by atoms with E-state index < -0.39 is 41.1 Å². The second kappa shape index (κ2) is 10.2. The van der Waals surface area contributed by atoms with Crippen molar-refractivity contribution >= 4 is 6.16 Å². The van der Waals surface area contributed by atoms with Crippen LogP contribution in [-0.2, 0) is 12.4 Å². The molecule has 4 rings (SSSR count). The van der Waals surface area contributed by atoms with Crippen LogP contribution in [0.4, 0.5) is 31.1 Å². The van der Waals surface area contributed by atoms with Gasteiger partial charge in [-0.1, -0.05) is 83.9 Å².